The monoisotopic (exact) mass is 486 g/mol. The molecule has 2 amide bonds. The van der Waals surface area contributed by atoms with E-state index in [4.69, 9.17) is 14.6 Å². The maximum absolute atomic E-state index is 13.3. The number of benzene rings is 1. The second-order valence-corrected chi connectivity index (χ2v) is 10.9. The number of hydrogen-bond acceptors (Lipinski definition) is 4. The lowest BCUT2D eigenvalue weighted by Gasteiger charge is -2.60. The molecule has 3 N–H and O–H groups in total. The van der Waals surface area contributed by atoms with Gasteiger partial charge in [0.15, 0.2) is 0 Å². The molecule has 2 atom stereocenters. The van der Waals surface area contributed by atoms with Crippen molar-refractivity contribution < 1.29 is 28.6 Å². The standard InChI is InChI=1S/C27H35FN2O5/c28-14-18(15-29-26(32)33)16-35-23-3-1-21(2-4-23)27-11-17-9-19(12-27)24(20(10-17)13-27)25(31)30-22-5-7-34-8-6-22/h1-4,14,17,19-20,22,24,29H,5-13,15-16H2,(H,30,31)(H,32,33)/b18-14+. The fourth-order valence-electron chi connectivity index (χ4n) is 7.34. The Labute approximate surface area is 205 Å². The van der Waals surface area contributed by atoms with Crippen LogP contribution in [0.3, 0.4) is 0 Å². The van der Waals surface area contributed by atoms with Crippen LogP contribution in [0.1, 0.15) is 50.5 Å². The molecular weight excluding hydrogens is 451 g/mol. The number of halogens is 1. The lowest BCUT2D eigenvalue weighted by molar-refractivity contribution is -0.141. The fourth-order valence-corrected chi connectivity index (χ4v) is 7.34. The van der Waals surface area contributed by atoms with Crippen molar-refractivity contribution in [3.63, 3.8) is 0 Å². The normalized spacial score (nSPS) is 32.3. The first kappa shape index (κ1) is 24.1. The van der Waals surface area contributed by atoms with Crippen molar-refractivity contribution in [1.82, 2.24) is 10.6 Å². The second-order valence-electron chi connectivity index (χ2n) is 10.9. The molecule has 4 aliphatic carbocycles. The summed E-state index contributed by atoms with van der Waals surface area (Å²) in [4.78, 5) is 23.9. The summed E-state index contributed by atoms with van der Waals surface area (Å²) in [7, 11) is 0. The molecule has 1 heterocycles. The van der Waals surface area contributed by atoms with Crippen molar-refractivity contribution >= 4 is 12.0 Å². The number of amides is 2. The van der Waals surface area contributed by atoms with Gasteiger partial charge in [-0.3, -0.25) is 4.79 Å². The number of rotatable bonds is 8. The van der Waals surface area contributed by atoms with Crippen LogP contribution >= 0.6 is 0 Å². The molecule has 4 bridgehead atoms. The van der Waals surface area contributed by atoms with E-state index in [0.29, 0.717) is 29.8 Å². The van der Waals surface area contributed by atoms with Gasteiger partial charge >= 0.3 is 6.09 Å². The predicted molar refractivity (Wildman–Crippen MR) is 128 cm³/mol. The second kappa shape index (κ2) is 10.2. The smallest absolute Gasteiger partial charge is 0.404 e. The van der Waals surface area contributed by atoms with Gasteiger partial charge < -0.3 is 25.2 Å². The molecule has 0 aromatic heterocycles. The van der Waals surface area contributed by atoms with Gasteiger partial charge in [-0.25, -0.2) is 9.18 Å². The highest BCUT2D eigenvalue weighted by molar-refractivity contribution is 5.80. The number of hydrogen-bond donors (Lipinski definition) is 3. The molecule has 7 nitrogen and oxygen atoms in total. The molecule has 5 fully saturated rings. The van der Waals surface area contributed by atoms with E-state index in [0.717, 1.165) is 51.7 Å². The van der Waals surface area contributed by atoms with Gasteiger partial charge in [0.05, 0.1) is 6.33 Å². The third kappa shape index (κ3) is 5.17. The summed E-state index contributed by atoms with van der Waals surface area (Å²) in [6, 6.07) is 8.33. The number of carboxylic acid groups (broad SMARTS) is 1. The van der Waals surface area contributed by atoms with Crippen molar-refractivity contribution in [2.24, 2.45) is 23.7 Å². The van der Waals surface area contributed by atoms with Crippen molar-refractivity contribution in [1.29, 1.82) is 0 Å². The van der Waals surface area contributed by atoms with E-state index in [9.17, 15) is 14.0 Å². The van der Waals surface area contributed by atoms with Gasteiger partial charge in [0.2, 0.25) is 5.91 Å². The number of carbonyl (C=O) groups is 2. The summed E-state index contributed by atoms with van der Waals surface area (Å²) >= 11 is 0. The Hall–Kier alpha value is -2.61. The lowest BCUT2D eigenvalue weighted by atomic mass is 9.44. The molecule has 4 saturated carbocycles. The molecule has 0 radical (unpaired) electrons. The third-order valence-electron chi connectivity index (χ3n) is 8.66. The molecule has 1 aliphatic heterocycles. The van der Waals surface area contributed by atoms with E-state index in [2.05, 4.69) is 22.8 Å². The molecule has 5 aliphatic rings. The highest BCUT2D eigenvalue weighted by Crippen LogP contribution is 2.63. The molecule has 6 rings (SSSR count). The van der Waals surface area contributed by atoms with Gasteiger partial charge in [0.1, 0.15) is 12.4 Å². The predicted octanol–water partition coefficient (Wildman–Crippen LogP) is 4.18. The van der Waals surface area contributed by atoms with E-state index in [1.54, 1.807) is 0 Å². The Morgan fingerprint density at radius 1 is 1.11 bits per heavy atom. The number of nitrogens with one attached hydrogen (secondary N) is 2. The molecule has 35 heavy (non-hydrogen) atoms. The molecule has 1 aromatic carbocycles. The van der Waals surface area contributed by atoms with Crippen molar-refractivity contribution in [2.45, 2.75) is 56.4 Å². The van der Waals surface area contributed by atoms with Crippen LogP contribution in [0.5, 0.6) is 5.75 Å². The van der Waals surface area contributed by atoms with Crippen molar-refractivity contribution in [2.75, 3.05) is 26.4 Å². The molecule has 1 saturated heterocycles. The van der Waals surface area contributed by atoms with E-state index < -0.39 is 6.09 Å². The Morgan fingerprint density at radius 2 is 1.80 bits per heavy atom. The summed E-state index contributed by atoms with van der Waals surface area (Å²) < 4.78 is 24.1. The van der Waals surface area contributed by atoms with Crippen LogP contribution in [-0.2, 0) is 14.9 Å². The molecule has 1 aromatic rings. The quantitative estimate of drug-likeness (QED) is 0.512. The Balaban J connectivity index is 1.22. The minimum Gasteiger partial charge on any atom is -0.489 e. The van der Waals surface area contributed by atoms with Gasteiger partial charge in [-0.05, 0) is 85.8 Å². The van der Waals surface area contributed by atoms with E-state index in [1.807, 2.05) is 12.1 Å². The maximum atomic E-state index is 13.3. The van der Waals surface area contributed by atoms with Crippen molar-refractivity contribution in [3.05, 3.63) is 41.7 Å². The van der Waals surface area contributed by atoms with Crippen molar-refractivity contribution in [3.8, 4) is 5.75 Å². The molecule has 0 spiro atoms. The van der Waals surface area contributed by atoms with E-state index >= 15 is 0 Å². The zero-order valence-electron chi connectivity index (χ0n) is 20.0. The van der Waals surface area contributed by atoms with Crippen LogP contribution in [0.4, 0.5) is 9.18 Å². The van der Waals surface area contributed by atoms with Crippen LogP contribution in [0.25, 0.3) is 0 Å². The van der Waals surface area contributed by atoms with Crippen LogP contribution in [0.2, 0.25) is 0 Å². The summed E-state index contributed by atoms with van der Waals surface area (Å²) in [5, 5.41) is 14.2. The van der Waals surface area contributed by atoms with Crippen LogP contribution < -0.4 is 15.4 Å². The third-order valence-corrected chi connectivity index (χ3v) is 8.66. The first-order valence-electron chi connectivity index (χ1n) is 12.8. The van der Waals surface area contributed by atoms with Gasteiger partial charge in [-0.15, -0.1) is 0 Å². The Kier molecular flexibility index (Phi) is 7.00. The van der Waals surface area contributed by atoms with E-state index in [1.165, 1.54) is 12.0 Å². The van der Waals surface area contributed by atoms with Crippen LogP contribution in [0.15, 0.2) is 36.2 Å². The molecule has 8 heteroatoms. The largest absolute Gasteiger partial charge is 0.489 e. The van der Waals surface area contributed by atoms with E-state index in [-0.39, 0.29) is 42.0 Å². The highest BCUT2D eigenvalue weighted by atomic mass is 19.1. The summed E-state index contributed by atoms with van der Waals surface area (Å²) in [5.41, 5.74) is 1.66. The zero-order valence-corrected chi connectivity index (χ0v) is 20.0. The first-order chi connectivity index (χ1) is 17.0. The lowest BCUT2D eigenvalue weighted by Crippen LogP contribution is -2.57. The first-order valence-corrected chi connectivity index (χ1v) is 12.8. The Morgan fingerprint density at radius 3 is 2.43 bits per heavy atom. The SMILES string of the molecule is O=C(O)NC/C(=C\F)COc1ccc(C23CC4CC(C2)C(C(=O)NC2CCOCC2)C(C4)C3)cc1. The molecular formula is C27H35FN2O5. The summed E-state index contributed by atoms with van der Waals surface area (Å²) in [6.07, 6.45) is 6.62. The number of carbonyl (C=O) groups excluding carboxylic acids is 1. The zero-order chi connectivity index (χ0) is 24.4. The topological polar surface area (TPSA) is 96.9 Å². The Bertz CT molecular complexity index is 943. The highest BCUT2D eigenvalue weighted by Gasteiger charge is 2.57. The van der Waals surface area contributed by atoms with Gasteiger partial charge in [-0.2, -0.15) is 0 Å². The minimum atomic E-state index is -1.20. The van der Waals surface area contributed by atoms with Gasteiger partial charge in [0, 0.05) is 37.3 Å². The fraction of sp³-hybridized carbons (Fsp3) is 0.630. The maximum Gasteiger partial charge on any atom is 0.404 e. The average molecular weight is 487 g/mol. The minimum absolute atomic E-state index is 0.0165. The summed E-state index contributed by atoms with van der Waals surface area (Å²) in [6.45, 7) is 1.34. The van der Waals surface area contributed by atoms with Gasteiger partial charge in [0.25, 0.3) is 0 Å². The summed E-state index contributed by atoms with van der Waals surface area (Å²) in [5.74, 6) is 2.59. The average Bonchev–Trinajstić information content (AvgIpc) is 2.84. The molecule has 190 valence electrons. The molecule has 2 unspecified atom stereocenters. The van der Waals surface area contributed by atoms with Crippen LogP contribution in [0, 0.1) is 23.7 Å². The van der Waals surface area contributed by atoms with Crippen LogP contribution in [-0.4, -0.2) is 49.5 Å². The van der Waals surface area contributed by atoms with Gasteiger partial charge in [-0.1, -0.05) is 12.1 Å². The number of ether oxygens (including phenoxy) is 2.